The molecular formula is C17H27N3O. The van der Waals surface area contributed by atoms with E-state index >= 15 is 0 Å². The van der Waals surface area contributed by atoms with E-state index in [0.29, 0.717) is 0 Å². The summed E-state index contributed by atoms with van der Waals surface area (Å²) in [6.07, 6.45) is 2.93. The second-order valence-corrected chi connectivity index (χ2v) is 6.30. The van der Waals surface area contributed by atoms with Gasteiger partial charge < -0.3 is 15.5 Å². The average molecular weight is 289 g/mol. The third-order valence-electron chi connectivity index (χ3n) is 4.34. The van der Waals surface area contributed by atoms with Crippen LogP contribution in [0.4, 0.5) is 5.69 Å². The molecule has 1 aromatic carbocycles. The van der Waals surface area contributed by atoms with E-state index < -0.39 is 0 Å². The van der Waals surface area contributed by atoms with Gasteiger partial charge in [0.25, 0.3) is 0 Å². The van der Waals surface area contributed by atoms with Gasteiger partial charge in [0.2, 0.25) is 5.91 Å². The van der Waals surface area contributed by atoms with Gasteiger partial charge in [-0.2, -0.15) is 0 Å². The fourth-order valence-electron chi connectivity index (χ4n) is 2.95. The molecule has 1 amide bonds. The summed E-state index contributed by atoms with van der Waals surface area (Å²) < 4.78 is 0. The molecule has 0 aromatic heterocycles. The molecule has 0 bridgehead atoms. The molecule has 0 saturated carbocycles. The topological polar surface area (TPSA) is 44.4 Å². The number of hydrogen-bond acceptors (Lipinski definition) is 3. The monoisotopic (exact) mass is 289 g/mol. The largest absolute Gasteiger partial charge is 0.326 e. The molecule has 1 atom stereocenters. The molecule has 0 radical (unpaired) electrons. The molecule has 1 unspecified atom stereocenters. The molecule has 2 N–H and O–H groups in total. The number of hydrogen-bond donors (Lipinski definition) is 2. The second-order valence-electron chi connectivity index (χ2n) is 6.30. The molecule has 4 nitrogen and oxygen atoms in total. The van der Waals surface area contributed by atoms with Gasteiger partial charge in [-0.3, -0.25) is 4.79 Å². The second kappa shape index (κ2) is 7.05. The predicted octanol–water partition coefficient (Wildman–Crippen LogP) is 2.47. The van der Waals surface area contributed by atoms with Crippen LogP contribution in [0.5, 0.6) is 0 Å². The molecule has 0 aliphatic carbocycles. The lowest BCUT2D eigenvalue weighted by atomic mass is 9.77. The summed E-state index contributed by atoms with van der Waals surface area (Å²) in [6, 6.07) is 8.15. The highest BCUT2D eigenvalue weighted by Crippen LogP contribution is 2.31. The van der Waals surface area contributed by atoms with Crippen molar-refractivity contribution in [2.45, 2.75) is 32.7 Å². The van der Waals surface area contributed by atoms with E-state index in [1.807, 2.05) is 12.1 Å². The van der Waals surface area contributed by atoms with E-state index in [-0.39, 0.29) is 11.3 Å². The molecule has 21 heavy (non-hydrogen) atoms. The molecule has 116 valence electrons. The van der Waals surface area contributed by atoms with Crippen molar-refractivity contribution in [3.8, 4) is 0 Å². The van der Waals surface area contributed by atoms with Crippen LogP contribution >= 0.6 is 0 Å². The molecule has 2 rings (SSSR count). The minimum atomic E-state index is -0.249. The van der Waals surface area contributed by atoms with Gasteiger partial charge in [-0.25, -0.2) is 0 Å². The van der Waals surface area contributed by atoms with Crippen molar-refractivity contribution in [1.29, 1.82) is 0 Å². The van der Waals surface area contributed by atoms with E-state index in [9.17, 15) is 4.79 Å². The summed E-state index contributed by atoms with van der Waals surface area (Å²) in [6.45, 7) is 4.83. The first-order valence-corrected chi connectivity index (χ1v) is 7.81. The summed E-state index contributed by atoms with van der Waals surface area (Å²) in [4.78, 5) is 14.8. The molecule has 1 aromatic rings. The quantitative estimate of drug-likeness (QED) is 0.875. The van der Waals surface area contributed by atoms with Crippen molar-refractivity contribution in [1.82, 2.24) is 10.2 Å². The molecule has 1 aliphatic rings. The van der Waals surface area contributed by atoms with Crippen molar-refractivity contribution in [2.75, 3.05) is 32.5 Å². The number of benzene rings is 1. The Labute approximate surface area is 127 Å². The van der Waals surface area contributed by atoms with Crippen LogP contribution in [0.2, 0.25) is 0 Å². The highest BCUT2D eigenvalue weighted by Gasteiger charge is 2.37. The zero-order valence-corrected chi connectivity index (χ0v) is 13.4. The zero-order valence-electron chi connectivity index (χ0n) is 13.4. The Balaban J connectivity index is 2.01. The Morgan fingerprint density at radius 3 is 2.57 bits per heavy atom. The van der Waals surface area contributed by atoms with Crippen molar-refractivity contribution < 1.29 is 4.79 Å². The third kappa shape index (κ3) is 4.05. The number of rotatable bonds is 5. The predicted molar refractivity (Wildman–Crippen MR) is 87.3 cm³/mol. The molecule has 4 heteroatoms. The fourth-order valence-corrected chi connectivity index (χ4v) is 2.95. The fraction of sp³-hybridized carbons (Fsp3) is 0.588. The summed E-state index contributed by atoms with van der Waals surface area (Å²) in [5.74, 6) is 0.151. The third-order valence-corrected chi connectivity index (χ3v) is 4.34. The van der Waals surface area contributed by atoms with Gasteiger partial charge in [0.05, 0.1) is 5.41 Å². The molecule has 0 spiro atoms. The number of nitrogens with one attached hydrogen (secondary N) is 2. The SMILES string of the molecule is CCC1(C(=O)Nc2ccc(CN(C)C)cc2)CCCNC1. The summed E-state index contributed by atoms with van der Waals surface area (Å²) >= 11 is 0. The van der Waals surface area contributed by atoms with Gasteiger partial charge in [0.15, 0.2) is 0 Å². The summed E-state index contributed by atoms with van der Waals surface area (Å²) in [5.41, 5.74) is 1.89. The van der Waals surface area contributed by atoms with Crippen LogP contribution in [0.3, 0.4) is 0 Å². The van der Waals surface area contributed by atoms with Crippen molar-refractivity contribution >= 4 is 11.6 Å². The Kier molecular flexibility index (Phi) is 5.37. The number of carbonyl (C=O) groups is 1. The van der Waals surface area contributed by atoms with E-state index in [2.05, 4.69) is 48.7 Å². The van der Waals surface area contributed by atoms with Crippen molar-refractivity contribution in [3.05, 3.63) is 29.8 Å². The average Bonchev–Trinajstić information content (AvgIpc) is 2.49. The van der Waals surface area contributed by atoms with Gasteiger partial charge >= 0.3 is 0 Å². The Morgan fingerprint density at radius 2 is 2.05 bits per heavy atom. The van der Waals surface area contributed by atoms with Gasteiger partial charge in [-0.15, -0.1) is 0 Å². The summed E-state index contributed by atoms with van der Waals surface area (Å²) in [5, 5.41) is 6.45. The van der Waals surface area contributed by atoms with Gasteiger partial charge in [0.1, 0.15) is 0 Å². The Bertz CT molecular complexity index is 461. The minimum absolute atomic E-state index is 0.151. The smallest absolute Gasteiger partial charge is 0.231 e. The number of anilines is 1. The maximum Gasteiger partial charge on any atom is 0.231 e. The first kappa shape index (κ1) is 16.0. The minimum Gasteiger partial charge on any atom is -0.326 e. The first-order valence-electron chi connectivity index (χ1n) is 7.81. The molecule has 1 aliphatic heterocycles. The van der Waals surface area contributed by atoms with Crippen LogP contribution in [0.1, 0.15) is 31.7 Å². The lowest BCUT2D eigenvalue weighted by Crippen LogP contribution is -2.47. The lowest BCUT2D eigenvalue weighted by molar-refractivity contribution is -0.126. The van der Waals surface area contributed by atoms with E-state index in [0.717, 1.165) is 44.6 Å². The first-order chi connectivity index (χ1) is 10.1. The van der Waals surface area contributed by atoms with Crippen LogP contribution in [-0.4, -0.2) is 38.0 Å². The molecule has 1 saturated heterocycles. The van der Waals surface area contributed by atoms with Crippen LogP contribution in [0.25, 0.3) is 0 Å². The Morgan fingerprint density at radius 1 is 1.33 bits per heavy atom. The standard InChI is InChI=1S/C17H27N3O/c1-4-17(10-5-11-18-13-17)16(21)19-15-8-6-14(7-9-15)12-20(2)3/h6-9,18H,4-5,10-13H2,1-3H3,(H,19,21). The van der Waals surface area contributed by atoms with Gasteiger partial charge in [0, 0.05) is 18.8 Å². The maximum absolute atomic E-state index is 12.6. The normalized spacial score (nSPS) is 22.3. The van der Waals surface area contributed by atoms with Crippen molar-refractivity contribution in [3.63, 3.8) is 0 Å². The number of carbonyl (C=O) groups excluding carboxylic acids is 1. The lowest BCUT2D eigenvalue weighted by Gasteiger charge is -2.35. The van der Waals surface area contributed by atoms with Crippen molar-refractivity contribution in [2.24, 2.45) is 5.41 Å². The molecular weight excluding hydrogens is 262 g/mol. The van der Waals surface area contributed by atoms with E-state index in [1.165, 1.54) is 5.56 Å². The van der Waals surface area contributed by atoms with Crippen LogP contribution < -0.4 is 10.6 Å². The molecule has 1 fully saturated rings. The van der Waals surface area contributed by atoms with Crippen LogP contribution in [0.15, 0.2) is 24.3 Å². The highest BCUT2D eigenvalue weighted by molar-refractivity contribution is 5.95. The van der Waals surface area contributed by atoms with Gasteiger partial charge in [-0.1, -0.05) is 19.1 Å². The van der Waals surface area contributed by atoms with E-state index in [4.69, 9.17) is 0 Å². The zero-order chi connectivity index (χ0) is 15.3. The maximum atomic E-state index is 12.6. The number of nitrogens with zero attached hydrogens (tertiary/aromatic N) is 1. The van der Waals surface area contributed by atoms with E-state index in [1.54, 1.807) is 0 Å². The van der Waals surface area contributed by atoms with Gasteiger partial charge in [-0.05, 0) is 57.6 Å². The van der Waals surface area contributed by atoms with Crippen LogP contribution in [0, 0.1) is 5.41 Å². The molecule has 1 heterocycles. The van der Waals surface area contributed by atoms with Crippen LogP contribution in [-0.2, 0) is 11.3 Å². The Hall–Kier alpha value is -1.39. The highest BCUT2D eigenvalue weighted by atomic mass is 16.2. The summed E-state index contributed by atoms with van der Waals surface area (Å²) in [7, 11) is 4.10. The number of piperidine rings is 1. The number of amides is 1.